The molecular formula is C10H14N4O. The van der Waals surface area contributed by atoms with Gasteiger partial charge in [0, 0.05) is 6.54 Å². The van der Waals surface area contributed by atoms with E-state index < -0.39 is 0 Å². The summed E-state index contributed by atoms with van der Waals surface area (Å²) in [5, 5.41) is 6.02. The fraction of sp³-hybridized carbons (Fsp3) is 0.500. The Balaban J connectivity index is 1.91. The lowest BCUT2D eigenvalue weighted by Gasteiger charge is -2.21. The molecule has 0 aromatic carbocycles. The lowest BCUT2D eigenvalue weighted by atomic mass is 9.99. The third-order valence-corrected chi connectivity index (χ3v) is 2.50. The highest BCUT2D eigenvalue weighted by Gasteiger charge is 2.20. The van der Waals surface area contributed by atoms with Crippen molar-refractivity contribution in [2.45, 2.75) is 12.8 Å². The molecule has 80 valence electrons. The van der Waals surface area contributed by atoms with Gasteiger partial charge >= 0.3 is 0 Å². The van der Waals surface area contributed by atoms with Crippen molar-refractivity contribution in [3.8, 4) is 0 Å². The monoisotopic (exact) mass is 206 g/mol. The predicted octanol–water partition coefficient (Wildman–Crippen LogP) is 0.415. The second-order valence-electron chi connectivity index (χ2n) is 3.66. The second kappa shape index (κ2) is 4.84. The van der Waals surface area contributed by atoms with Crippen LogP contribution in [0.3, 0.4) is 0 Å². The number of carbonyl (C=O) groups is 1. The standard InChI is InChI=1S/C10H14N4O/c15-10(8-2-1-3-11-4-8)14-9-5-12-7-13-6-9/h5-8,11H,1-4H2,(H,14,15). The van der Waals surface area contributed by atoms with Crippen molar-refractivity contribution in [3.05, 3.63) is 18.7 Å². The maximum absolute atomic E-state index is 11.8. The van der Waals surface area contributed by atoms with Gasteiger partial charge in [-0.25, -0.2) is 9.97 Å². The minimum absolute atomic E-state index is 0.0528. The summed E-state index contributed by atoms with van der Waals surface area (Å²) in [5.41, 5.74) is 0.660. The molecule has 1 unspecified atom stereocenters. The summed E-state index contributed by atoms with van der Waals surface area (Å²) >= 11 is 0. The normalized spacial score (nSPS) is 20.9. The average Bonchev–Trinajstić information content (AvgIpc) is 2.31. The summed E-state index contributed by atoms with van der Waals surface area (Å²) in [6, 6.07) is 0. The molecule has 0 aliphatic carbocycles. The summed E-state index contributed by atoms with van der Waals surface area (Å²) in [6.07, 6.45) is 6.65. The van der Waals surface area contributed by atoms with Crippen molar-refractivity contribution in [2.24, 2.45) is 5.92 Å². The number of nitrogens with one attached hydrogen (secondary N) is 2. The number of piperidine rings is 1. The summed E-state index contributed by atoms with van der Waals surface area (Å²) in [6.45, 7) is 1.78. The highest BCUT2D eigenvalue weighted by atomic mass is 16.1. The Morgan fingerprint density at radius 1 is 1.47 bits per heavy atom. The third-order valence-electron chi connectivity index (χ3n) is 2.50. The molecular weight excluding hydrogens is 192 g/mol. The van der Waals surface area contributed by atoms with Crippen molar-refractivity contribution in [2.75, 3.05) is 18.4 Å². The van der Waals surface area contributed by atoms with E-state index in [0.29, 0.717) is 5.69 Å². The second-order valence-corrected chi connectivity index (χ2v) is 3.66. The van der Waals surface area contributed by atoms with Gasteiger partial charge in [0.2, 0.25) is 5.91 Å². The van der Waals surface area contributed by atoms with Gasteiger partial charge in [0.25, 0.3) is 0 Å². The minimum atomic E-state index is 0.0528. The van der Waals surface area contributed by atoms with Gasteiger partial charge in [-0.15, -0.1) is 0 Å². The smallest absolute Gasteiger partial charge is 0.228 e. The van der Waals surface area contributed by atoms with Crippen molar-refractivity contribution >= 4 is 11.6 Å². The topological polar surface area (TPSA) is 66.9 Å². The number of aromatic nitrogens is 2. The van der Waals surface area contributed by atoms with E-state index in [1.54, 1.807) is 12.4 Å². The molecule has 1 fully saturated rings. The van der Waals surface area contributed by atoms with E-state index in [0.717, 1.165) is 25.9 Å². The number of hydrogen-bond acceptors (Lipinski definition) is 4. The summed E-state index contributed by atoms with van der Waals surface area (Å²) in [7, 11) is 0. The number of hydrogen-bond donors (Lipinski definition) is 2. The highest BCUT2D eigenvalue weighted by Crippen LogP contribution is 2.12. The Kier molecular flexibility index (Phi) is 3.24. The van der Waals surface area contributed by atoms with Gasteiger partial charge in [-0.1, -0.05) is 0 Å². The van der Waals surface area contributed by atoms with Gasteiger partial charge in [-0.3, -0.25) is 4.79 Å². The number of nitrogens with zero attached hydrogens (tertiary/aromatic N) is 2. The summed E-state index contributed by atoms with van der Waals surface area (Å²) < 4.78 is 0. The maximum Gasteiger partial charge on any atom is 0.228 e. The van der Waals surface area contributed by atoms with Crippen LogP contribution in [-0.4, -0.2) is 29.0 Å². The molecule has 1 aliphatic rings. The molecule has 2 N–H and O–H groups in total. The number of amides is 1. The molecule has 0 bridgehead atoms. The molecule has 1 atom stereocenters. The fourth-order valence-electron chi connectivity index (χ4n) is 1.68. The Hall–Kier alpha value is -1.49. The van der Waals surface area contributed by atoms with Crippen molar-refractivity contribution in [3.63, 3.8) is 0 Å². The Bertz CT molecular complexity index is 321. The van der Waals surface area contributed by atoms with Crippen LogP contribution in [0.2, 0.25) is 0 Å². The molecule has 1 aromatic heterocycles. The Labute approximate surface area is 88.3 Å². The molecule has 2 rings (SSSR count). The van der Waals surface area contributed by atoms with Gasteiger partial charge in [-0.05, 0) is 19.4 Å². The van der Waals surface area contributed by atoms with Crippen LogP contribution in [0.4, 0.5) is 5.69 Å². The van der Waals surface area contributed by atoms with Crippen LogP contribution in [0.5, 0.6) is 0 Å². The SMILES string of the molecule is O=C(Nc1cncnc1)C1CCCNC1. The van der Waals surface area contributed by atoms with E-state index in [2.05, 4.69) is 20.6 Å². The van der Waals surface area contributed by atoms with Gasteiger partial charge in [0.05, 0.1) is 24.0 Å². The van der Waals surface area contributed by atoms with Crippen LogP contribution in [-0.2, 0) is 4.79 Å². The van der Waals surface area contributed by atoms with E-state index >= 15 is 0 Å². The van der Waals surface area contributed by atoms with Crippen molar-refractivity contribution < 1.29 is 4.79 Å². The molecule has 5 nitrogen and oxygen atoms in total. The number of anilines is 1. The van der Waals surface area contributed by atoms with Crippen LogP contribution in [0.25, 0.3) is 0 Å². The van der Waals surface area contributed by atoms with Crippen LogP contribution in [0, 0.1) is 5.92 Å². The van der Waals surface area contributed by atoms with E-state index in [9.17, 15) is 4.79 Å². The molecule has 2 heterocycles. The van der Waals surface area contributed by atoms with Gasteiger partial charge in [0.15, 0.2) is 0 Å². The van der Waals surface area contributed by atoms with Crippen LogP contribution < -0.4 is 10.6 Å². The van der Waals surface area contributed by atoms with Crippen molar-refractivity contribution in [1.82, 2.24) is 15.3 Å². The zero-order chi connectivity index (χ0) is 10.5. The largest absolute Gasteiger partial charge is 0.323 e. The first-order chi connectivity index (χ1) is 7.36. The molecule has 1 aromatic rings. The van der Waals surface area contributed by atoms with E-state index in [-0.39, 0.29) is 11.8 Å². The lowest BCUT2D eigenvalue weighted by molar-refractivity contribution is -0.120. The first-order valence-corrected chi connectivity index (χ1v) is 5.13. The van der Waals surface area contributed by atoms with E-state index in [1.165, 1.54) is 6.33 Å². The first kappa shape index (κ1) is 10.0. The third kappa shape index (κ3) is 2.73. The van der Waals surface area contributed by atoms with Gasteiger partial charge in [-0.2, -0.15) is 0 Å². The molecule has 1 aliphatic heterocycles. The molecule has 5 heteroatoms. The zero-order valence-corrected chi connectivity index (χ0v) is 8.44. The molecule has 1 saturated heterocycles. The van der Waals surface area contributed by atoms with Gasteiger partial charge < -0.3 is 10.6 Å². The van der Waals surface area contributed by atoms with Crippen LogP contribution >= 0.6 is 0 Å². The van der Waals surface area contributed by atoms with Gasteiger partial charge in [0.1, 0.15) is 6.33 Å². The average molecular weight is 206 g/mol. The molecule has 0 spiro atoms. The Morgan fingerprint density at radius 3 is 2.93 bits per heavy atom. The Morgan fingerprint density at radius 2 is 2.27 bits per heavy atom. The van der Waals surface area contributed by atoms with Crippen molar-refractivity contribution in [1.29, 1.82) is 0 Å². The lowest BCUT2D eigenvalue weighted by Crippen LogP contribution is -2.37. The number of carbonyl (C=O) groups excluding carboxylic acids is 1. The summed E-state index contributed by atoms with van der Waals surface area (Å²) in [4.78, 5) is 19.4. The quantitative estimate of drug-likeness (QED) is 0.735. The van der Waals surface area contributed by atoms with E-state index in [4.69, 9.17) is 0 Å². The molecule has 0 radical (unpaired) electrons. The first-order valence-electron chi connectivity index (χ1n) is 5.13. The van der Waals surface area contributed by atoms with Crippen LogP contribution in [0.1, 0.15) is 12.8 Å². The maximum atomic E-state index is 11.8. The predicted molar refractivity (Wildman–Crippen MR) is 56.3 cm³/mol. The molecule has 1 amide bonds. The minimum Gasteiger partial charge on any atom is -0.323 e. The zero-order valence-electron chi connectivity index (χ0n) is 8.44. The number of rotatable bonds is 2. The molecule has 0 saturated carbocycles. The van der Waals surface area contributed by atoms with Crippen LogP contribution in [0.15, 0.2) is 18.7 Å². The highest BCUT2D eigenvalue weighted by molar-refractivity contribution is 5.92. The summed E-state index contributed by atoms with van der Waals surface area (Å²) in [5.74, 6) is 0.121. The molecule has 15 heavy (non-hydrogen) atoms. The van der Waals surface area contributed by atoms with E-state index in [1.807, 2.05) is 0 Å². The fourth-order valence-corrected chi connectivity index (χ4v) is 1.68.